The van der Waals surface area contributed by atoms with E-state index >= 15 is 0 Å². The molecule has 1 N–H and O–H groups in total. The minimum atomic E-state index is 0.178. The van der Waals surface area contributed by atoms with Crippen molar-refractivity contribution < 1.29 is 4.79 Å². The molecule has 140 valence electrons. The van der Waals surface area contributed by atoms with Crippen molar-refractivity contribution in [3.05, 3.63) is 34.9 Å². The molecule has 0 aliphatic carbocycles. The van der Waals surface area contributed by atoms with Gasteiger partial charge in [0.05, 0.1) is 0 Å². The highest BCUT2D eigenvalue weighted by molar-refractivity contribution is 9.10. The zero-order chi connectivity index (χ0) is 17.9. The first-order chi connectivity index (χ1) is 12.7. The number of benzene rings is 1. The molecule has 0 spiro atoms. The maximum atomic E-state index is 12.4. The molecule has 4 nitrogen and oxygen atoms in total. The first kappa shape index (κ1) is 18.1. The molecule has 2 aliphatic heterocycles. The molecule has 2 atom stereocenters. The van der Waals surface area contributed by atoms with Crippen LogP contribution in [0.1, 0.15) is 38.5 Å². The lowest BCUT2D eigenvalue weighted by Gasteiger charge is -2.44. The lowest BCUT2D eigenvalue weighted by atomic mass is 9.83. The van der Waals surface area contributed by atoms with Crippen LogP contribution in [0.3, 0.4) is 0 Å². The fourth-order valence-corrected chi connectivity index (χ4v) is 5.12. The Hall–Kier alpha value is -1.33. The molecule has 0 radical (unpaired) electrons. The summed E-state index contributed by atoms with van der Waals surface area (Å²) < 4.78 is 3.26. The number of nitrogens with zero attached hydrogens (tertiary/aromatic N) is 2. The summed E-state index contributed by atoms with van der Waals surface area (Å²) in [6.07, 6.45) is 9.16. The van der Waals surface area contributed by atoms with Gasteiger partial charge >= 0.3 is 0 Å². The van der Waals surface area contributed by atoms with Crippen LogP contribution in [0.4, 0.5) is 0 Å². The zero-order valence-corrected chi connectivity index (χ0v) is 16.9. The minimum absolute atomic E-state index is 0.178. The molecule has 1 aromatic heterocycles. The maximum Gasteiger partial charge on any atom is 0.221 e. The number of rotatable bonds is 5. The third kappa shape index (κ3) is 3.99. The third-order valence-electron chi connectivity index (χ3n) is 6.10. The Balaban J connectivity index is 1.28. The molecule has 2 aromatic rings. The van der Waals surface area contributed by atoms with E-state index in [4.69, 9.17) is 0 Å². The monoisotopic (exact) mass is 417 g/mol. The molecule has 1 amide bonds. The van der Waals surface area contributed by atoms with Gasteiger partial charge in [-0.1, -0.05) is 22.4 Å². The lowest BCUT2D eigenvalue weighted by Crippen LogP contribution is -2.51. The van der Waals surface area contributed by atoms with E-state index in [2.05, 4.69) is 61.2 Å². The number of hydrogen-bond acceptors (Lipinski definition) is 2. The number of carbonyl (C=O) groups is 1. The van der Waals surface area contributed by atoms with Gasteiger partial charge in [0.15, 0.2) is 0 Å². The van der Waals surface area contributed by atoms with Gasteiger partial charge in [-0.25, -0.2) is 0 Å². The number of aromatic nitrogens is 1. The number of aryl methyl sites for hydroxylation is 1. The van der Waals surface area contributed by atoms with Gasteiger partial charge in [0.2, 0.25) is 5.91 Å². The van der Waals surface area contributed by atoms with Crippen LogP contribution in [0.25, 0.3) is 10.9 Å². The van der Waals surface area contributed by atoms with Crippen molar-refractivity contribution in [2.24, 2.45) is 5.92 Å². The largest absolute Gasteiger partial charge is 0.356 e. The highest BCUT2D eigenvalue weighted by Gasteiger charge is 2.32. The van der Waals surface area contributed by atoms with Gasteiger partial charge in [0.25, 0.3) is 0 Å². The van der Waals surface area contributed by atoms with Crippen molar-refractivity contribution >= 4 is 32.7 Å². The third-order valence-corrected chi connectivity index (χ3v) is 6.60. The number of halogens is 1. The van der Waals surface area contributed by atoms with Crippen molar-refractivity contribution in [3.8, 4) is 0 Å². The van der Waals surface area contributed by atoms with Crippen molar-refractivity contribution in [2.45, 2.75) is 51.1 Å². The summed E-state index contributed by atoms with van der Waals surface area (Å²) in [6, 6.07) is 9.09. The molecule has 5 heteroatoms. The van der Waals surface area contributed by atoms with Gasteiger partial charge in [-0.15, -0.1) is 0 Å². The van der Waals surface area contributed by atoms with Crippen molar-refractivity contribution in [1.82, 2.24) is 14.8 Å². The van der Waals surface area contributed by atoms with Crippen molar-refractivity contribution in [1.29, 1.82) is 0 Å². The number of fused-ring (bicyclic) bond motifs is 2. The van der Waals surface area contributed by atoms with E-state index in [-0.39, 0.29) is 5.91 Å². The normalized spacial score (nSPS) is 23.7. The molecule has 2 fully saturated rings. The fraction of sp³-hybridized carbons (Fsp3) is 0.571. The molecular formula is C21H28BrN3O. The number of carbonyl (C=O) groups excluding carboxylic acids is 1. The Morgan fingerprint density at radius 1 is 1.15 bits per heavy atom. The first-order valence-electron chi connectivity index (χ1n) is 9.96. The molecule has 0 saturated carbocycles. The Morgan fingerprint density at radius 3 is 2.96 bits per heavy atom. The van der Waals surface area contributed by atoms with E-state index in [1.165, 1.54) is 56.1 Å². The van der Waals surface area contributed by atoms with E-state index in [1.54, 1.807) is 0 Å². The Labute approximate surface area is 164 Å². The SMILES string of the molecule is O=C(CCn1ccc2cc(Br)ccc21)NC[C@H]1CCCN2CCCC[C@H]12. The van der Waals surface area contributed by atoms with Gasteiger partial charge in [-0.3, -0.25) is 4.79 Å². The van der Waals surface area contributed by atoms with Crippen LogP contribution in [0.2, 0.25) is 0 Å². The molecule has 4 rings (SSSR count). The van der Waals surface area contributed by atoms with Gasteiger partial charge in [-0.2, -0.15) is 0 Å². The summed E-state index contributed by atoms with van der Waals surface area (Å²) in [5, 5.41) is 4.43. The Morgan fingerprint density at radius 2 is 2.04 bits per heavy atom. The summed E-state index contributed by atoms with van der Waals surface area (Å²) in [4.78, 5) is 15.0. The van der Waals surface area contributed by atoms with Crippen LogP contribution in [0.15, 0.2) is 34.9 Å². The van der Waals surface area contributed by atoms with Crippen molar-refractivity contribution in [2.75, 3.05) is 19.6 Å². The molecular weight excluding hydrogens is 390 g/mol. The number of hydrogen-bond donors (Lipinski definition) is 1. The standard InChI is InChI=1S/C21H28BrN3O/c22-18-6-7-20-16(14-18)8-12-25(20)13-9-21(26)23-15-17-4-3-11-24-10-2-1-5-19(17)24/h6-8,12,14,17,19H,1-5,9-11,13,15H2,(H,23,26)/t17-,19-/m1/s1. The van der Waals surface area contributed by atoms with E-state index < -0.39 is 0 Å². The first-order valence-corrected chi connectivity index (χ1v) is 10.8. The van der Waals surface area contributed by atoms with Crippen LogP contribution in [-0.2, 0) is 11.3 Å². The summed E-state index contributed by atoms with van der Waals surface area (Å²) in [5.41, 5.74) is 1.19. The van der Waals surface area contributed by atoms with Gasteiger partial charge in [-0.05, 0) is 69.0 Å². The summed E-state index contributed by atoms with van der Waals surface area (Å²) in [6.45, 7) is 4.09. The summed E-state index contributed by atoms with van der Waals surface area (Å²) >= 11 is 3.51. The predicted molar refractivity (Wildman–Crippen MR) is 109 cm³/mol. The van der Waals surface area contributed by atoms with Gasteiger partial charge in [0.1, 0.15) is 0 Å². The quantitative estimate of drug-likeness (QED) is 0.791. The summed E-state index contributed by atoms with van der Waals surface area (Å²) in [5.74, 6) is 0.814. The predicted octanol–water partition coefficient (Wildman–Crippen LogP) is 4.17. The second-order valence-electron chi connectivity index (χ2n) is 7.77. The lowest BCUT2D eigenvalue weighted by molar-refractivity contribution is -0.121. The summed E-state index contributed by atoms with van der Waals surface area (Å²) in [7, 11) is 0. The molecule has 2 aliphatic rings. The van der Waals surface area contributed by atoms with Crippen LogP contribution in [-0.4, -0.2) is 41.1 Å². The fourth-order valence-electron chi connectivity index (χ4n) is 4.74. The zero-order valence-electron chi connectivity index (χ0n) is 15.3. The van der Waals surface area contributed by atoms with Crippen LogP contribution in [0, 0.1) is 5.92 Å². The molecule has 0 unspecified atom stereocenters. The second-order valence-corrected chi connectivity index (χ2v) is 8.68. The highest BCUT2D eigenvalue weighted by Crippen LogP contribution is 2.30. The van der Waals surface area contributed by atoms with E-state index in [9.17, 15) is 4.79 Å². The number of amides is 1. The van der Waals surface area contributed by atoms with E-state index in [0.29, 0.717) is 18.4 Å². The topological polar surface area (TPSA) is 37.3 Å². The number of nitrogens with one attached hydrogen (secondary N) is 1. The van der Waals surface area contributed by atoms with Crippen LogP contribution < -0.4 is 5.32 Å². The minimum Gasteiger partial charge on any atom is -0.356 e. The maximum absolute atomic E-state index is 12.4. The molecule has 26 heavy (non-hydrogen) atoms. The van der Waals surface area contributed by atoms with Crippen molar-refractivity contribution in [3.63, 3.8) is 0 Å². The highest BCUT2D eigenvalue weighted by atomic mass is 79.9. The molecule has 1 aromatic carbocycles. The average molecular weight is 418 g/mol. The second kappa shape index (κ2) is 8.13. The van der Waals surface area contributed by atoms with Gasteiger partial charge < -0.3 is 14.8 Å². The smallest absolute Gasteiger partial charge is 0.221 e. The number of piperidine rings is 2. The van der Waals surface area contributed by atoms with E-state index in [0.717, 1.165) is 17.6 Å². The Kier molecular flexibility index (Phi) is 5.65. The Bertz CT molecular complexity index is 770. The average Bonchev–Trinajstić information content (AvgIpc) is 3.06. The molecule has 0 bridgehead atoms. The van der Waals surface area contributed by atoms with Gasteiger partial charge in [0, 0.05) is 47.1 Å². The molecule has 3 heterocycles. The molecule has 2 saturated heterocycles. The van der Waals surface area contributed by atoms with Crippen LogP contribution in [0.5, 0.6) is 0 Å². The van der Waals surface area contributed by atoms with E-state index in [1.807, 2.05) is 0 Å². The van der Waals surface area contributed by atoms with Crippen LogP contribution >= 0.6 is 15.9 Å².